The van der Waals surface area contributed by atoms with Crippen LogP contribution in [0.5, 0.6) is 0 Å². The average molecular weight is 649 g/mol. The van der Waals surface area contributed by atoms with Crippen molar-refractivity contribution in [2.75, 3.05) is 51.0 Å². The molecular formula is C26H34N9O7S2+. The van der Waals surface area contributed by atoms with Crippen LogP contribution in [0.25, 0.3) is 0 Å². The van der Waals surface area contributed by atoms with E-state index in [4.69, 9.17) is 10.6 Å². The molecule has 2 unspecified atom stereocenters. The minimum absolute atomic E-state index is 0.0200. The third-order valence-electron chi connectivity index (χ3n) is 6.65. The number of hydrogen-bond acceptors (Lipinski definition) is 13. The maximum absolute atomic E-state index is 13.2. The highest BCUT2D eigenvalue weighted by Gasteiger charge is 2.53. The predicted octanol–water partition coefficient (Wildman–Crippen LogP) is -1.79. The maximum atomic E-state index is 13.2. The molecule has 18 heteroatoms. The summed E-state index contributed by atoms with van der Waals surface area (Å²) in [5, 5.41) is 30.4. The molecule has 0 radical (unpaired) electrons. The monoisotopic (exact) mass is 648 g/mol. The number of anilines is 2. The second-order valence-electron chi connectivity index (χ2n) is 11.6. The lowest BCUT2D eigenvalue weighted by Crippen LogP contribution is -2.71. The molecule has 2 amide bonds. The molecule has 2 atom stereocenters. The van der Waals surface area contributed by atoms with Gasteiger partial charge in [-0.2, -0.15) is 9.36 Å². The molecule has 2 aromatic rings. The van der Waals surface area contributed by atoms with Gasteiger partial charge in [0.15, 0.2) is 24.1 Å². The van der Waals surface area contributed by atoms with Crippen LogP contribution in [0.1, 0.15) is 19.7 Å². The fraction of sp³-hybridized carbons (Fsp3) is 0.462. The van der Waals surface area contributed by atoms with E-state index >= 15 is 0 Å². The molecule has 1 fully saturated rings. The minimum Gasteiger partial charge on any atom is -0.543 e. The van der Waals surface area contributed by atoms with Gasteiger partial charge in [-0.15, -0.1) is 11.8 Å². The molecule has 0 bridgehead atoms. The highest BCUT2D eigenvalue weighted by atomic mass is 32.2. The van der Waals surface area contributed by atoms with Gasteiger partial charge in [0.1, 0.15) is 11.4 Å². The quantitative estimate of drug-likeness (QED) is 0.0623. The van der Waals surface area contributed by atoms with Crippen molar-refractivity contribution in [1.29, 1.82) is 0 Å². The maximum Gasteiger partial charge on any atom is 0.350 e. The van der Waals surface area contributed by atoms with Crippen molar-refractivity contribution < 1.29 is 43.3 Å². The highest BCUT2D eigenvalue weighted by Crippen LogP contribution is 2.40. The number of carboxylic acids is 2. The Kier molecular flexibility index (Phi) is 9.45. The average Bonchev–Trinajstić information content (AvgIpc) is 3.37. The van der Waals surface area contributed by atoms with Gasteiger partial charge in [0, 0.05) is 40.7 Å². The molecule has 4 rings (SSSR count). The summed E-state index contributed by atoms with van der Waals surface area (Å²) in [6.45, 7) is 4.39. The summed E-state index contributed by atoms with van der Waals surface area (Å²) in [4.78, 5) is 60.1. The number of quaternary nitrogens is 1. The lowest BCUT2D eigenvalue weighted by atomic mass is 10.0. The standard InChI is InChI=1S/C26H33N9O7S2/c1-26(2,24(40)41)42-31-16(19-30-25(27)44-32-19)20(36)29-17-21(37)34-18(23(38)39)14(13-43-22(17)34)12-33-9-6-15(7-10-33)28-8-11-35(3,4)5/h6-7,9-10,17,22H,8,11-13H2,1-5H3,(H4-,27,29,30,32,36,38,39,40,41)/p+1/b31-16-. The lowest BCUT2D eigenvalue weighted by Gasteiger charge is -2.50. The molecule has 0 aliphatic carbocycles. The van der Waals surface area contributed by atoms with Gasteiger partial charge in [0.05, 0.1) is 45.9 Å². The zero-order valence-electron chi connectivity index (χ0n) is 24.8. The molecule has 2 aromatic heterocycles. The van der Waals surface area contributed by atoms with E-state index in [9.17, 15) is 29.4 Å². The Bertz CT molecular complexity index is 1520. The van der Waals surface area contributed by atoms with Crippen LogP contribution in [0.3, 0.4) is 0 Å². The molecule has 0 aromatic carbocycles. The number of likely N-dealkylation sites (N-methyl/N-ethyl adjacent to an activating group) is 1. The van der Waals surface area contributed by atoms with Crippen molar-refractivity contribution in [3.63, 3.8) is 0 Å². The van der Waals surface area contributed by atoms with Crippen LogP contribution in [-0.4, -0.2) is 110 Å². The second-order valence-corrected chi connectivity index (χ2v) is 13.5. The number of fused-ring (bicyclic) bond motifs is 1. The van der Waals surface area contributed by atoms with Crippen molar-refractivity contribution in [1.82, 2.24) is 19.6 Å². The van der Waals surface area contributed by atoms with E-state index in [0.29, 0.717) is 5.57 Å². The number of carboxylic acid groups (broad SMARTS) is 2. The van der Waals surface area contributed by atoms with Gasteiger partial charge in [0.25, 0.3) is 11.8 Å². The lowest BCUT2D eigenvalue weighted by molar-refractivity contribution is -0.868. The Morgan fingerprint density at radius 3 is 2.55 bits per heavy atom. The van der Waals surface area contributed by atoms with Crippen molar-refractivity contribution in [3.05, 3.63) is 41.6 Å². The number of hydrogen-bond donors (Lipinski definition) is 4. The molecule has 0 spiro atoms. The van der Waals surface area contributed by atoms with E-state index in [1.165, 1.54) is 25.6 Å². The summed E-state index contributed by atoms with van der Waals surface area (Å²) in [7, 11) is 6.33. The number of rotatable bonds is 13. The predicted molar refractivity (Wildman–Crippen MR) is 159 cm³/mol. The molecular weight excluding hydrogens is 614 g/mol. The largest absolute Gasteiger partial charge is 0.543 e. The van der Waals surface area contributed by atoms with Crippen LogP contribution in [-0.2, 0) is 30.6 Å². The van der Waals surface area contributed by atoms with Gasteiger partial charge in [-0.05, 0) is 13.8 Å². The zero-order chi connectivity index (χ0) is 32.4. The van der Waals surface area contributed by atoms with E-state index < -0.39 is 46.5 Å². The summed E-state index contributed by atoms with van der Waals surface area (Å²) in [6, 6.07) is 2.67. The third kappa shape index (κ3) is 7.43. The van der Waals surface area contributed by atoms with Gasteiger partial charge in [-0.25, -0.2) is 9.36 Å². The van der Waals surface area contributed by atoms with E-state index in [1.54, 1.807) is 0 Å². The van der Waals surface area contributed by atoms with Crippen molar-refractivity contribution in [3.8, 4) is 0 Å². The first-order chi connectivity index (χ1) is 20.6. The van der Waals surface area contributed by atoms with E-state index in [1.807, 2.05) is 29.1 Å². The summed E-state index contributed by atoms with van der Waals surface area (Å²) in [6.07, 6.45) is 3.64. The number of nitrogens with two attached hydrogens (primary N) is 1. The topological polar surface area (TPSA) is 216 Å². The van der Waals surface area contributed by atoms with Gasteiger partial charge >= 0.3 is 5.97 Å². The van der Waals surface area contributed by atoms with E-state index in [2.05, 4.69) is 46.3 Å². The Balaban J connectivity index is 1.47. The van der Waals surface area contributed by atoms with Crippen molar-refractivity contribution >= 4 is 63.6 Å². The Morgan fingerprint density at radius 2 is 1.98 bits per heavy atom. The molecule has 16 nitrogen and oxygen atoms in total. The van der Waals surface area contributed by atoms with Gasteiger partial charge in [-0.1, -0.05) is 5.16 Å². The number of thioether (sulfide) groups is 1. The number of nitrogen functional groups attached to an aromatic ring is 1. The van der Waals surface area contributed by atoms with Crippen LogP contribution in [0, 0.1) is 0 Å². The van der Waals surface area contributed by atoms with E-state index in [-0.39, 0.29) is 29.0 Å². The second kappa shape index (κ2) is 12.7. The summed E-state index contributed by atoms with van der Waals surface area (Å²) in [5.41, 5.74) is 4.51. The molecule has 44 heavy (non-hydrogen) atoms. The molecule has 2 aliphatic heterocycles. The number of pyridine rings is 1. The van der Waals surface area contributed by atoms with Crippen LogP contribution < -0.4 is 26.0 Å². The fourth-order valence-electron chi connectivity index (χ4n) is 4.15. The van der Waals surface area contributed by atoms with Crippen LogP contribution in [0.2, 0.25) is 0 Å². The first-order valence-corrected chi connectivity index (χ1v) is 15.2. The third-order valence-corrected chi connectivity index (χ3v) is 8.53. The molecule has 1 saturated heterocycles. The molecule has 236 valence electrons. The van der Waals surface area contributed by atoms with Crippen LogP contribution in [0.4, 0.5) is 10.8 Å². The van der Waals surface area contributed by atoms with E-state index in [0.717, 1.165) is 39.7 Å². The number of amides is 2. The molecule has 0 saturated carbocycles. The smallest absolute Gasteiger partial charge is 0.350 e. The van der Waals surface area contributed by atoms with Gasteiger partial charge in [0.2, 0.25) is 17.1 Å². The van der Waals surface area contributed by atoms with Crippen LogP contribution in [0.15, 0.2) is 41.0 Å². The molecule has 2 aliphatic rings. The number of β-lactam (4-membered cyclic amide) rings is 1. The Hall–Kier alpha value is -4.29. The van der Waals surface area contributed by atoms with Gasteiger partial charge in [-0.3, -0.25) is 14.5 Å². The summed E-state index contributed by atoms with van der Waals surface area (Å²) < 4.78 is 6.57. The fourth-order valence-corrected chi connectivity index (χ4v) is 5.92. The first kappa shape index (κ1) is 32.6. The number of oxime groups is 1. The number of carbonyl (C=O) groups excluding carboxylic acids is 3. The van der Waals surface area contributed by atoms with Crippen LogP contribution >= 0.6 is 23.3 Å². The Morgan fingerprint density at radius 1 is 1.30 bits per heavy atom. The number of aliphatic carboxylic acids is 2. The molecule has 4 heterocycles. The zero-order valence-corrected chi connectivity index (χ0v) is 26.4. The molecule has 5 N–H and O–H groups in total. The minimum atomic E-state index is -1.79. The normalized spacial score (nSPS) is 18.8. The van der Waals surface area contributed by atoms with Crippen molar-refractivity contribution in [2.45, 2.75) is 37.4 Å². The van der Waals surface area contributed by atoms with Gasteiger partial charge < -0.3 is 40.7 Å². The first-order valence-electron chi connectivity index (χ1n) is 13.4. The van der Waals surface area contributed by atoms with Crippen molar-refractivity contribution in [2.24, 2.45) is 5.16 Å². The SMILES string of the molecule is CC(C)(O/N=C(\C(=O)NC1C(=O)N2C(C(=O)[O-])=C(C[n+]3ccc(NCC[N+](C)(C)C)cc3)CSC12)c1nsc(N)n1)C(=O)O. The number of nitrogens with zero attached hydrogens (tertiary/aromatic N) is 6. The summed E-state index contributed by atoms with van der Waals surface area (Å²) in [5.74, 6) is -4.40. The number of nitrogens with one attached hydrogen (secondary N) is 2. The Labute approximate surface area is 261 Å². The summed E-state index contributed by atoms with van der Waals surface area (Å²) >= 11 is 2.06. The highest BCUT2D eigenvalue weighted by molar-refractivity contribution is 8.00. The number of carbonyl (C=O) groups is 4. The number of aromatic nitrogens is 3.